The molecule has 0 unspecified atom stereocenters. The third-order valence-electron chi connectivity index (χ3n) is 4.04. The van der Waals surface area contributed by atoms with Crippen LogP contribution in [-0.4, -0.2) is 27.8 Å². The number of nitrogens with one attached hydrogen (secondary N) is 1. The summed E-state index contributed by atoms with van der Waals surface area (Å²) in [6.45, 7) is 0.402. The quantitative estimate of drug-likeness (QED) is 0.616. The zero-order valence-electron chi connectivity index (χ0n) is 13.5. The van der Waals surface area contributed by atoms with Crippen LogP contribution >= 0.6 is 11.3 Å². The molecule has 0 aliphatic rings. The van der Waals surface area contributed by atoms with Gasteiger partial charge in [0.15, 0.2) is 0 Å². The van der Waals surface area contributed by atoms with Gasteiger partial charge in [-0.2, -0.15) is 0 Å². The Hall–Kier alpha value is -2.99. The van der Waals surface area contributed by atoms with E-state index in [1.807, 2.05) is 42.5 Å². The van der Waals surface area contributed by atoms with E-state index in [4.69, 9.17) is 0 Å². The minimum absolute atomic E-state index is 0.193. The van der Waals surface area contributed by atoms with Crippen LogP contribution in [0.2, 0.25) is 0 Å². The van der Waals surface area contributed by atoms with Crippen molar-refractivity contribution in [3.05, 3.63) is 75.5 Å². The number of hydrogen-bond donors (Lipinski definition) is 1. The highest BCUT2D eigenvalue weighted by Crippen LogP contribution is 2.23. The van der Waals surface area contributed by atoms with E-state index in [1.165, 1.54) is 6.07 Å². The molecule has 0 spiro atoms. The number of H-pyrrole nitrogens is 1. The molecular formula is C19H15N3O2S. The van der Waals surface area contributed by atoms with Crippen LogP contribution in [-0.2, 0) is 6.54 Å². The number of pyridine rings is 1. The van der Waals surface area contributed by atoms with Crippen LogP contribution in [0, 0.1) is 0 Å². The summed E-state index contributed by atoms with van der Waals surface area (Å²) in [7, 11) is 1.73. The van der Waals surface area contributed by atoms with Gasteiger partial charge in [0, 0.05) is 24.0 Å². The summed E-state index contributed by atoms with van der Waals surface area (Å²) in [5.74, 6) is -0.193. The number of aromatic amines is 1. The first-order chi connectivity index (χ1) is 12.1. The standard InChI is InChI=1S/C19H15N3O2S/c1-22(11-18-21-15-8-4-5-9-16(15)25-18)19(24)13-10-17(23)20-14-7-3-2-6-12(13)14/h2-10H,11H2,1H3,(H,20,23). The van der Waals surface area contributed by atoms with Crippen molar-refractivity contribution < 1.29 is 4.79 Å². The summed E-state index contributed by atoms with van der Waals surface area (Å²) in [6, 6.07) is 16.6. The van der Waals surface area contributed by atoms with Crippen LogP contribution in [0.1, 0.15) is 15.4 Å². The predicted molar refractivity (Wildman–Crippen MR) is 100.0 cm³/mol. The Balaban J connectivity index is 1.67. The molecule has 0 radical (unpaired) electrons. The van der Waals surface area contributed by atoms with Gasteiger partial charge < -0.3 is 9.88 Å². The van der Waals surface area contributed by atoms with Gasteiger partial charge in [-0.05, 0) is 18.2 Å². The number of thiazole rings is 1. The lowest BCUT2D eigenvalue weighted by Crippen LogP contribution is -2.27. The average Bonchev–Trinajstić information content (AvgIpc) is 3.02. The summed E-state index contributed by atoms with van der Waals surface area (Å²) in [4.78, 5) is 33.7. The van der Waals surface area contributed by atoms with Crippen LogP contribution in [0.5, 0.6) is 0 Å². The Morgan fingerprint density at radius 1 is 1.16 bits per heavy atom. The molecular weight excluding hydrogens is 334 g/mol. The lowest BCUT2D eigenvalue weighted by molar-refractivity contribution is 0.0787. The van der Waals surface area contributed by atoms with Crippen LogP contribution in [0.25, 0.3) is 21.1 Å². The molecule has 4 aromatic rings. The summed E-state index contributed by atoms with van der Waals surface area (Å²) >= 11 is 1.57. The molecule has 0 saturated carbocycles. The van der Waals surface area contributed by atoms with E-state index in [2.05, 4.69) is 9.97 Å². The molecule has 4 rings (SSSR count). The maximum absolute atomic E-state index is 12.9. The Kier molecular flexibility index (Phi) is 3.82. The first-order valence-corrected chi connectivity index (χ1v) is 8.65. The fourth-order valence-corrected chi connectivity index (χ4v) is 3.87. The molecule has 5 nitrogen and oxygen atoms in total. The highest BCUT2D eigenvalue weighted by atomic mass is 32.1. The minimum atomic E-state index is -0.282. The summed E-state index contributed by atoms with van der Waals surface area (Å²) < 4.78 is 1.10. The Morgan fingerprint density at radius 3 is 2.76 bits per heavy atom. The molecule has 1 N–H and O–H groups in total. The van der Waals surface area contributed by atoms with E-state index in [-0.39, 0.29) is 11.5 Å². The first kappa shape index (κ1) is 15.5. The molecule has 0 aliphatic heterocycles. The molecule has 6 heteroatoms. The van der Waals surface area contributed by atoms with Crippen LogP contribution in [0.15, 0.2) is 59.4 Å². The van der Waals surface area contributed by atoms with Crippen molar-refractivity contribution in [2.45, 2.75) is 6.54 Å². The van der Waals surface area contributed by atoms with E-state index in [9.17, 15) is 9.59 Å². The number of aromatic nitrogens is 2. The Labute approximate surface area is 147 Å². The molecule has 0 saturated heterocycles. The molecule has 0 bridgehead atoms. The van der Waals surface area contributed by atoms with Gasteiger partial charge in [0.05, 0.1) is 22.3 Å². The normalized spacial score (nSPS) is 11.1. The number of carbonyl (C=O) groups excluding carboxylic acids is 1. The molecule has 124 valence electrons. The van der Waals surface area contributed by atoms with Gasteiger partial charge in [0.1, 0.15) is 5.01 Å². The van der Waals surface area contributed by atoms with Gasteiger partial charge in [0.25, 0.3) is 5.91 Å². The highest BCUT2D eigenvalue weighted by molar-refractivity contribution is 7.18. The molecule has 0 atom stereocenters. The summed E-state index contributed by atoms with van der Waals surface area (Å²) in [5, 5.41) is 1.61. The topological polar surface area (TPSA) is 66.1 Å². The third-order valence-corrected chi connectivity index (χ3v) is 5.06. The minimum Gasteiger partial charge on any atom is -0.335 e. The first-order valence-electron chi connectivity index (χ1n) is 7.84. The van der Waals surface area contributed by atoms with Crippen LogP contribution < -0.4 is 5.56 Å². The van der Waals surface area contributed by atoms with Crippen molar-refractivity contribution in [3.63, 3.8) is 0 Å². The van der Waals surface area contributed by atoms with Crippen molar-refractivity contribution in [3.8, 4) is 0 Å². The van der Waals surface area contributed by atoms with Gasteiger partial charge in [-0.3, -0.25) is 9.59 Å². The largest absolute Gasteiger partial charge is 0.335 e. The number of rotatable bonds is 3. The zero-order chi connectivity index (χ0) is 17.4. The fraction of sp³-hybridized carbons (Fsp3) is 0.105. The maximum atomic E-state index is 12.9. The number of amides is 1. The average molecular weight is 349 g/mol. The van der Waals surface area contributed by atoms with E-state index >= 15 is 0 Å². The third kappa shape index (κ3) is 2.92. The molecule has 1 amide bonds. The van der Waals surface area contributed by atoms with Crippen molar-refractivity contribution in [2.24, 2.45) is 0 Å². The molecule has 0 fully saturated rings. The second-order valence-electron chi connectivity index (χ2n) is 5.83. The van der Waals surface area contributed by atoms with E-state index < -0.39 is 0 Å². The second-order valence-corrected chi connectivity index (χ2v) is 6.94. The van der Waals surface area contributed by atoms with Crippen molar-refractivity contribution >= 4 is 38.4 Å². The number of para-hydroxylation sites is 2. The summed E-state index contributed by atoms with van der Waals surface area (Å²) in [6.07, 6.45) is 0. The predicted octanol–water partition coefficient (Wildman–Crippen LogP) is 3.41. The van der Waals surface area contributed by atoms with Crippen molar-refractivity contribution in [1.82, 2.24) is 14.9 Å². The molecule has 2 aromatic heterocycles. The highest BCUT2D eigenvalue weighted by Gasteiger charge is 2.17. The smallest absolute Gasteiger partial charge is 0.254 e. The van der Waals surface area contributed by atoms with Gasteiger partial charge in [-0.15, -0.1) is 11.3 Å². The molecule has 2 heterocycles. The molecule has 2 aromatic carbocycles. The van der Waals surface area contributed by atoms with E-state index in [0.717, 1.165) is 20.6 Å². The van der Waals surface area contributed by atoms with Crippen LogP contribution in [0.4, 0.5) is 0 Å². The van der Waals surface area contributed by atoms with Gasteiger partial charge >= 0.3 is 0 Å². The van der Waals surface area contributed by atoms with Gasteiger partial charge in [-0.1, -0.05) is 30.3 Å². The Bertz CT molecular complexity index is 1110. The summed E-state index contributed by atoms with van der Waals surface area (Å²) in [5.41, 5.74) is 1.72. The maximum Gasteiger partial charge on any atom is 0.254 e. The lowest BCUT2D eigenvalue weighted by atomic mass is 10.1. The van der Waals surface area contributed by atoms with E-state index in [1.54, 1.807) is 29.4 Å². The monoisotopic (exact) mass is 349 g/mol. The number of benzene rings is 2. The van der Waals surface area contributed by atoms with E-state index in [0.29, 0.717) is 17.6 Å². The van der Waals surface area contributed by atoms with Crippen LogP contribution in [0.3, 0.4) is 0 Å². The lowest BCUT2D eigenvalue weighted by Gasteiger charge is -2.16. The number of carbonyl (C=O) groups is 1. The fourth-order valence-electron chi connectivity index (χ4n) is 2.85. The van der Waals surface area contributed by atoms with Crippen molar-refractivity contribution in [2.75, 3.05) is 7.05 Å². The zero-order valence-corrected chi connectivity index (χ0v) is 14.3. The Morgan fingerprint density at radius 2 is 1.92 bits per heavy atom. The van der Waals surface area contributed by atoms with Crippen molar-refractivity contribution in [1.29, 1.82) is 0 Å². The number of nitrogens with zero attached hydrogens (tertiary/aromatic N) is 2. The van der Waals surface area contributed by atoms with Gasteiger partial charge in [0.2, 0.25) is 5.56 Å². The molecule has 25 heavy (non-hydrogen) atoms. The SMILES string of the molecule is CN(Cc1nc2ccccc2s1)C(=O)c1cc(=O)[nH]c2ccccc12. The molecule has 0 aliphatic carbocycles. The second kappa shape index (κ2) is 6.14. The number of hydrogen-bond acceptors (Lipinski definition) is 4. The van der Waals surface area contributed by atoms with Gasteiger partial charge in [-0.25, -0.2) is 4.98 Å². The number of fused-ring (bicyclic) bond motifs is 2.